The fourth-order valence-electron chi connectivity index (χ4n) is 2.94. The molecule has 0 aromatic heterocycles. The molecule has 0 saturated carbocycles. The van der Waals surface area contributed by atoms with Crippen LogP contribution in [0.15, 0.2) is 48.5 Å². The molecule has 1 saturated heterocycles. The Hall–Kier alpha value is -3.35. The second kappa shape index (κ2) is 7.11. The number of benzene rings is 2. The number of amides is 4. The van der Waals surface area contributed by atoms with Gasteiger partial charge < -0.3 is 15.4 Å². The number of carbonyl (C=O) groups is 3. The topological polar surface area (TPSA) is 87.7 Å². The summed E-state index contributed by atoms with van der Waals surface area (Å²) in [4.78, 5) is 38.4. The summed E-state index contributed by atoms with van der Waals surface area (Å²) in [5.74, 6) is -0.256. The number of imide groups is 1. The molecule has 0 unspecified atom stereocenters. The molecule has 0 bridgehead atoms. The van der Waals surface area contributed by atoms with Crippen molar-refractivity contribution in [3.8, 4) is 5.75 Å². The smallest absolute Gasteiger partial charge is 0.325 e. The highest BCUT2D eigenvalue weighted by atomic mass is 16.5. The molecule has 2 aromatic rings. The van der Waals surface area contributed by atoms with Gasteiger partial charge in [0, 0.05) is 5.69 Å². The van der Waals surface area contributed by atoms with Crippen molar-refractivity contribution in [1.29, 1.82) is 0 Å². The van der Waals surface area contributed by atoms with Crippen molar-refractivity contribution in [2.24, 2.45) is 0 Å². The van der Waals surface area contributed by atoms with E-state index in [0.29, 0.717) is 17.0 Å². The first-order chi connectivity index (χ1) is 12.8. The highest BCUT2D eigenvalue weighted by Crippen LogP contribution is 2.29. The summed E-state index contributed by atoms with van der Waals surface area (Å²) in [6.07, 6.45) is 0. The van der Waals surface area contributed by atoms with E-state index < -0.39 is 23.4 Å². The first-order valence-electron chi connectivity index (χ1n) is 8.48. The summed E-state index contributed by atoms with van der Waals surface area (Å²) in [6.45, 7) is 3.22. The van der Waals surface area contributed by atoms with Crippen molar-refractivity contribution in [2.75, 3.05) is 19.0 Å². The quantitative estimate of drug-likeness (QED) is 0.795. The molecule has 27 heavy (non-hydrogen) atoms. The van der Waals surface area contributed by atoms with Gasteiger partial charge in [-0.2, -0.15) is 0 Å². The first-order valence-corrected chi connectivity index (χ1v) is 8.48. The average molecular weight is 367 g/mol. The van der Waals surface area contributed by atoms with Gasteiger partial charge in [-0.1, -0.05) is 29.8 Å². The lowest BCUT2D eigenvalue weighted by molar-refractivity contribution is -0.133. The Morgan fingerprint density at radius 2 is 1.74 bits per heavy atom. The van der Waals surface area contributed by atoms with Crippen molar-refractivity contribution in [1.82, 2.24) is 10.2 Å². The Labute approximate surface area is 157 Å². The second-order valence-electron chi connectivity index (χ2n) is 6.59. The molecule has 4 amide bonds. The molecule has 1 heterocycles. The van der Waals surface area contributed by atoms with Crippen LogP contribution in [0.5, 0.6) is 5.75 Å². The molecule has 1 fully saturated rings. The maximum atomic E-state index is 12.8. The Balaban J connectivity index is 1.71. The van der Waals surface area contributed by atoms with Crippen molar-refractivity contribution in [3.05, 3.63) is 59.7 Å². The largest absolute Gasteiger partial charge is 0.497 e. The fraction of sp³-hybridized carbons (Fsp3) is 0.250. The van der Waals surface area contributed by atoms with Crippen LogP contribution >= 0.6 is 0 Å². The van der Waals surface area contributed by atoms with Gasteiger partial charge in [0.05, 0.1) is 7.11 Å². The third kappa shape index (κ3) is 3.62. The van der Waals surface area contributed by atoms with Crippen molar-refractivity contribution in [2.45, 2.75) is 19.4 Å². The van der Waals surface area contributed by atoms with E-state index in [1.54, 1.807) is 50.4 Å². The van der Waals surface area contributed by atoms with E-state index in [4.69, 9.17) is 4.74 Å². The zero-order chi connectivity index (χ0) is 19.6. The van der Waals surface area contributed by atoms with Crippen LogP contribution in [-0.2, 0) is 15.1 Å². The molecule has 140 valence electrons. The summed E-state index contributed by atoms with van der Waals surface area (Å²) in [5.41, 5.74) is 1.08. The van der Waals surface area contributed by atoms with Crippen molar-refractivity contribution >= 4 is 23.5 Å². The lowest BCUT2D eigenvalue weighted by Gasteiger charge is -2.22. The monoisotopic (exact) mass is 367 g/mol. The molecule has 1 aliphatic rings. The van der Waals surface area contributed by atoms with Crippen LogP contribution in [0.1, 0.15) is 18.1 Å². The molecule has 2 aromatic carbocycles. The SMILES string of the molecule is COc1ccc(NC(=O)CN2C(=O)N[C@@](C)(c3ccc(C)cc3)C2=O)cc1. The molecule has 3 rings (SSSR count). The number of carbonyl (C=O) groups excluding carboxylic acids is 3. The number of anilines is 1. The van der Waals surface area contributed by atoms with Gasteiger partial charge in [-0.3, -0.25) is 14.5 Å². The molecule has 7 nitrogen and oxygen atoms in total. The Kier molecular flexibility index (Phi) is 4.85. The Morgan fingerprint density at radius 3 is 2.33 bits per heavy atom. The minimum atomic E-state index is -1.19. The summed E-state index contributed by atoms with van der Waals surface area (Å²) in [5, 5.41) is 5.36. The van der Waals surface area contributed by atoms with Crippen molar-refractivity contribution in [3.63, 3.8) is 0 Å². The van der Waals surface area contributed by atoms with E-state index in [-0.39, 0.29) is 6.54 Å². The molecule has 7 heteroatoms. The third-order valence-corrected chi connectivity index (χ3v) is 4.58. The van der Waals surface area contributed by atoms with Crippen LogP contribution in [0.4, 0.5) is 10.5 Å². The maximum absolute atomic E-state index is 12.8. The number of hydrogen-bond acceptors (Lipinski definition) is 4. The second-order valence-corrected chi connectivity index (χ2v) is 6.59. The van der Waals surface area contributed by atoms with Gasteiger partial charge in [0.25, 0.3) is 5.91 Å². The number of nitrogens with zero attached hydrogens (tertiary/aromatic N) is 1. The first kappa shape index (κ1) is 18.4. The lowest BCUT2D eigenvalue weighted by atomic mass is 9.91. The van der Waals surface area contributed by atoms with Gasteiger partial charge >= 0.3 is 6.03 Å². The van der Waals surface area contributed by atoms with Crippen LogP contribution in [0.3, 0.4) is 0 Å². The van der Waals surface area contributed by atoms with Crippen LogP contribution in [0, 0.1) is 6.92 Å². The molecular weight excluding hydrogens is 346 g/mol. The Bertz CT molecular complexity index is 877. The van der Waals surface area contributed by atoms with E-state index in [2.05, 4.69) is 10.6 Å². The number of aryl methyl sites for hydroxylation is 1. The van der Waals surface area contributed by atoms with Crippen LogP contribution < -0.4 is 15.4 Å². The van der Waals surface area contributed by atoms with Gasteiger partial charge in [-0.25, -0.2) is 4.79 Å². The van der Waals surface area contributed by atoms with Gasteiger partial charge in [0.15, 0.2) is 0 Å². The van der Waals surface area contributed by atoms with E-state index in [9.17, 15) is 14.4 Å². The average Bonchev–Trinajstić information content (AvgIpc) is 2.87. The third-order valence-electron chi connectivity index (χ3n) is 4.58. The lowest BCUT2D eigenvalue weighted by Crippen LogP contribution is -2.42. The predicted molar refractivity (Wildman–Crippen MR) is 100 cm³/mol. The number of urea groups is 1. The van der Waals surface area contributed by atoms with E-state index in [1.807, 2.05) is 19.1 Å². The van der Waals surface area contributed by atoms with Crippen LogP contribution in [-0.4, -0.2) is 36.4 Å². The van der Waals surface area contributed by atoms with Gasteiger partial charge in [0.1, 0.15) is 17.8 Å². The highest BCUT2D eigenvalue weighted by Gasteiger charge is 2.49. The summed E-state index contributed by atoms with van der Waals surface area (Å²) in [7, 11) is 1.55. The van der Waals surface area contributed by atoms with E-state index in [1.165, 1.54) is 0 Å². The van der Waals surface area contributed by atoms with Gasteiger partial charge in [-0.05, 0) is 43.7 Å². The minimum Gasteiger partial charge on any atom is -0.497 e. The normalized spacial score (nSPS) is 19.0. The van der Waals surface area contributed by atoms with Crippen LogP contribution in [0.2, 0.25) is 0 Å². The van der Waals surface area contributed by atoms with Gasteiger partial charge in [-0.15, -0.1) is 0 Å². The minimum absolute atomic E-state index is 0.363. The van der Waals surface area contributed by atoms with E-state index >= 15 is 0 Å². The molecular formula is C20H21N3O4. The zero-order valence-corrected chi connectivity index (χ0v) is 15.4. The van der Waals surface area contributed by atoms with E-state index in [0.717, 1.165) is 10.5 Å². The zero-order valence-electron chi connectivity index (χ0n) is 15.4. The number of hydrogen-bond donors (Lipinski definition) is 2. The molecule has 0 aliphatic carbocycles. The molecule has 0 spiro atoms. The predicted octanol–water partition coefficient (Wildman–Crippen LogP) is 2.41. The Morgan fingerprint density at radius 1 is 1.11 bits per heavy atom. The maximum Gasteiger partial charge on any atom is 0.325 e. The standard InChI is InChI=1S/C20H21N3O4/c1-13-4-6-14(7-5-13)20(2)18(25)23(19(26)22-20)12-17(24)21-15-8-10-16(27-3)11-9-15/h4-11H,12H2,1-3H3,(H,21,24)(H,22,26)/t20-/m0/s1. The molecule has 0 radical (unpaired) electrons. The fourth-order valence-corrected chi connectivity index (χ4v) is 2.94. The molecule has 1 atom stereocenters. The van der Waals surface area contributed by atoms with Crippen LogP contribution in [0.25, 0.3) is 0 Å². The summed E-state index contributed by atoms with van der Waals surface area (Å²) in [6, 6.07) is 13.5. The van der Waals surface area contributed by atoms with Crippen molar-refractivity contribution < 1.29 is 19.1 Å². The molecule has 1 aliphatic heterocycles. The molecule has 2 N–H and O–H groups in total. The number of ether oxygens (including phenoxy) is 1. The summed E-state index contributed by atoms with van der Waals surface area (Å²) < 4.78 is 5.06. The van der Waals surface area contributed by atoms with Gasteiger partial charge in [0.2, 0.25) is 5.91 Å². The number of rotatable bonds is 5. The highest BCUT2D eigenvalue weighted by molar-refractivity contribution is 6.10. The number of nitrogens with one attached hydrogen (secondary N) is 2. The number of methoxy groups -OCH3 is 1. The summed E-state index contributed by atoms with van der Waals surface area (Å²) >= 11 is 0.